The summed E-state index contributed by atoms with van der Waals surface area (Å²) in [6.45, 7) is 6.70. The predicted octanol–water partition coefficient (Wildman–Crippen LogP) is 3.21. The van der Waals surface area contributed by atoms with Gasteiger partial charge in [0.05, 0.1) is 6.42 Å². The molecular formula is C22H25F3N6O. The van der Waals surface area contributed by atoms with Crippen LogP contribution in [0.1, 0.15) is 46.7 Å². The van der Waals surface area contributed by atoms with E-state index in [2.05, 4.69) is 31.3 Å². The summed E-state index contributed by atoms with van der Waals surface area (Å²) in [5.74, 6) is -1.61. The number of hydrogen-bond acceptors (Lipinski definition) is 5. The maximum absolute atomic E-state index is 13.0. The molecule has 0 saturated carbocycles. The van der Waals surface area contributed by atoms with Gasteiger partial charge in [0, 0.05) is 30.0 Å². The molecular weight excluding hydrogens is 421 g/mol. The smallest absolute Gasteiger partial charge is 0.352 e. The van der Waals surface area contributed by atoms with E-state index >= 15 is 0 Å². The van der Waals surface area contributed by atoms with Crippen LogP contribution in [0, 0.1) is 13.8 Å². The second-order valence-corrected chi connectivity index (χ2v) is 8.11. The number of alkyl halides is 3. The lowest BCUT2D eigenvalue weighted by Gasteiger charge is -2.18. The number of carbonyl (C=O) groups is 1. The zero-order valence-electron chi connectivity index (χ0n) is 18.0. The molecule has 1 aromatic carbocycles. The first-order valence-electron chi connectivity index (χ1n) is 10.6. The summed E-state index contributed by atoms with van der Waals surface area (Å²) in [6, 6.07) is 8.03. The van der Waals surface area contributed by atoms with Gasteiger partial charge in [-0.3, -0.25) is 9.69 Å². The number of carbonyl (C=O) groups excluding carboxylic acids is 1. The Morgan fingerprint density at radius 3 is 2.47 bits per heavy atom. The third-order valence-electron chi connectivity index (χ3n) is 5.83. The van der Waals surface area contributed by atoms with E-state index in [1.165, 1.54) is 18.4 Å². The number of halogens is 3. The van der Waals surface area contributed by atoms with Crippen LogP contribution in [0.4, 0.5) is 13.2 Å². The lowest BCUT2D eigenvalue weighted by Crippen LogP contribution is -2.27. The Bertz CT molecular complexity index is 1130. The molecule has 10 heteroatoms. The van der Waals surface area contributed by atoms with Gasteiger partial charge in [0.1, 0.15) is 0 Å². The molecule has 170 valence electrons. The Labute approximate surface area is 183 Å². The topological polar surface area (TPSA) is 75.4 Å². The molecule has 7 nitrogen and oxygen atoms in total. The molecule has 0 bridgehead atoms. The van der Waals surface area contributed by atoms with E-state index in [1.807, 2.05) is 18.2 Å². The van der Waals surface area contributed by atoms with Crippen molar-refractivity contribution in [3.8, 4) is 0 Å². The number of nitrogens with one attached hydrogen (secondary N) is 1. The van der Waals surface area contributed by atoms with Crippen LogP contribution in [0.15, 0.2) is 24.3 Å². The fraction of sp³-hybridized carbons (Fsp3) is 0.455. The van der Waals surface area contributed by atoms with Crippen molar-refractivity contribution in [3.63, 3.8) is 0 Å². The molecule has 1 fully saturated rings. The van der Waals surface area contributed by atoms with E-state index in [-0.39, 0.29) is 18.1 Å². The highest BCUT2D eigenvalue weighted by Crippen LogP contribution is 2.27. The summed E-state index contributed by atoms with van der Waals surface area (Å²) in [5.41, 5.74) is 3.66. The van der Waals surface area contributed by atoms with Crippen LogP contribution >= 0.6 is 0 Å². The van der Waals surface area contributed by atoms with Crippen molar-refractivity contribution in [1.29, 1.82) is 0 Å². The van der Waals surface area contributed by atoms with E-state index in [9.17, 15) is 18.0 Å². The summed E-state index contributed by atoms with van der Waals surface area (Å²) in [6.07, 6.45) is -2.23. The number of hydrogen-bond donors (Lipinski definition) is 1. The molecule has 0 atom stereocenters. The molecule has 1 aliphatic rings. The van der Waals surface area contributed by atoms with Crippen molar-refractivity contribution in [3.05, 3.63) is 58.2 Å². The molecule has 1 aliphatic heterocycles. The summed E-state index contributed by atoms with van der Waals surface area (Å²) in [5, 5.41) is 6.46. The van der Waals surface area contributed by atoms with Gasteiger partial charge in [-0.1, -0.05) is 24.3 Å². The van der Waals surface area contributed by atoms with E-state index in [1.54, 1.807) is 13.8 Å². The number of likely N-dealkylation sites (tertiary alicyclic amines) is 1. The number of amides is 1. The number of aromatic nitrogens is 4. The first-order chi connectivity index (χ1) is 15.2. The average Bonchev–Trinajstić information content (AvgIpc) is 3.40. The number of fused-ring (bicyclic) bond motifs is 1. The van der Waals surface area contributed by atoms with Gasteiger partial charge in [-0.25, -0.2) is 9.50 Å². The fourth-order valence-corrected chi connectivity index (χ4v) is 4.07. The normalized spacial score (nSPS) is 14.9. The molecule has 1 N–H and O–H groups in total. The third kappa shape index (κ3) is 4.74. The van der Waals surface area contributed by atoms with Crippen molar-refractivity contribution in [1.82, 2.24) is 29.8 Å². The van der Waals surface area contributed by atoms with Crippen LogP contribution in [0.25, 0.3) is 5.78 Å². The second-order valence-electron chi connectivity index (χ2n) is 8.11. The zero-order chi connectivity index (χ0) is 22.9. The maximum Gasteiger partial charge on any atom is 0.453 e. The minimum atomic E-state index is -4.66. The van der Waals surface area contributed by atoms with Gasteiger partial charge < -0.3 is 5.32 Å². The summed E-state index contributed by atoms with van der Waals surface area (Å²) in [4.78, 5) is 22.7. The van der Waals surface area contributed by atoms with Crippen molar-refractivity contribution < 1.29 is 18.0 Å². The first kappa shape index (κ1) is 22.2. The van der Waals surface area contributed by atoms with Crippen molar-refractivity contribution in [2.24, 2.45) is 0 Å². The van der Waals surface area contributed by atoms with Crippen molar-refractivity contribution in [2.45, 2.75) is 52.4 Å². The van der Waals surface area contributed by atoms with Crippen molar-refractivity contribution >= 4 is 11.7 Å². The quantitative estimate of drug-likeness (QED) is 0.629. The Kier molecular flexibility index (Phi) is 6.14. The highest BCUT2D eigenvalue weighted by atomic mass is 19.4. The largest absolute Gasteiger partial charge is 0.453 e. The molecule has 3 aromatic rings. The SMILES string of the molecule is Cc1nc2nc(C(F)(F)F)nn2c(C)c1CC(=O)NCc1ccccc1CN1CCCC1. The van der Waals surface area contributed by atoms with Crippen LogP contribution in [0.5, 0.6) is 0 Å². The molecule has 0 aliphatic carbocycles. The van der Waals surface area contributed by atoms with Gasteiger partial charge in [-0.15, -0.1) is 5.10 Å². The zero-order valence-corrected chi connectivity index (χ0v) is 18.0. The van der Waals surface area contributed by atoms with Gasteiger partial charge >= 0.3 is 6.18 Å². The minimum absolute atomic E-state index is 0.00386. The number of aryl methyl sites for hydroxylation is 2. The minimum Gasteiger partial charge on any atom is -0.352 e. The van der Waals surface area contributed by atoms with Crippen LogP contribution in [-0.4, -0.2) is 43.5 Å². The predicted molar refractivity (Wildman–Crippen MR) is 112 cm³/mol. The van der Waals surface area contributed by atoms with Crippen LogP contribution < -0.4 is 5.32 Å². The molecule has 3 heterocycles. The van der Waals surface area contributed by atoms with E-state index in [0.717, 1.165) is 29.7 Å². The second kappa shape index (κ2) is 8.85. The van der Waals surface area contributed by atoms with E-state index in [4.69, 9.17) is 0 Å². The highest BCUT2D eigenvalue weighted by molar-refractivity contribution is 5.79. The Hall–Kier alpha value is -3.01. The van der Waals surface area contributed by atoms with Gasteiger partial charge in [0.2, 0.25) is 5.91 Å². The number of rotatable bonds is 6. The van der Waals surface area contributed by atoms with E-state index in [0.29, 0.717) is 23.5 Å². The summed E-state index contributed by atoms with van der Waals surface area (Å²) in [7, 11) is 0. The van der Waals surface area contributed by atoms with E-state index < -0.39 is 12.0 Å². The Balaban J connectivity index is 1.47. The third-order valence-corrected chi connectivity index (χ3v) is 5.83. The summed E-state index contributed by atoms with van der Waals surface area (Å²) < 4.78 is 39.9. The molecule has 0 radical (unpaired) electrons. The monoisotopic (exact) mass is 446 g/mol. The maximum atomic E-state index is 13.0. The Morgan fingerprint density at radius 2 is 1.78 bits per heavy atom. The lowest BCUT2D eigenvalue weighted by molar-refractivity contribution is -0.144. The van der Waals surface area contributed by atoms with Crippen LogP contribution in [-0.2, 0) is 30.5 Å². The van der Waals surface area contributed by atoms with Gasteiger partial charge in [-0.2, -0.15) is 18.2 Å². The molecule has 0 unspecified atom stereocenters. The first-order valence-corrected chi connectivity index (χ1v) is 10.6. The molecule has 0 spiro atoms. The molecule has 4 rings (SSSR count). The molecule has 2 aromatic heterocycles. The summed E-state index contributed by atoms with van der Waals surface area (Å²) >= 11 is 0. The van der Waals surface area contributed by atoms with Gasteiger partial charge in [-0.05, 0) is 50.9 Å². The highest BCUT2D eigenvalue weighted by Gasteiger charge is 2.37. The van der Waals surface area contributed by atoms with Gasteiger partial charge in [0.15, 0.2) is 0 Å². The Morgan fingerprint density at radius 1 is 1.09 bits per heavy atom. The fourth-order valence-electron chi connectivity index (χ4n) is 4.07. The molecule has 1 saturated heterocycles. The van der Waals surface area contributed by atoms with Crippen molar-refractivity contribution in [2.75, 3.05) is 13.1 Å². The standard InChI is InChI=1S/C22H25F3N6O/c1-14-18(15(2)31-21(27-14)28-20(29-31)22(23,24)25)11-19(32)26-12-16-7-3-4-8-17(16)13-30-9-5-6-10-30/h3-4,7-8H,5-6,9-13H2,1-2H3,(H,26,32). The lowest BCUT2D eigenvalue weighted by atomic mass is 10.1. The van der Waals surface area contributed by atoms with Gasteiger partial charge in [0.25, 0.3) is 11.6 Å². The average molecular weight is 446 g/mol. The molecule has 1 amide bonds. The molecule has 32 heavy (non-hydrogen) atoms. The number of nitrogens with zero attached hydrogens (tertiary/aromatic N) is 5. The number of benzene rings is 1. The van der Waals surface area contributed by atoms with Crippen LogP contribution in [0.2, 0.25) is 0 Å². The van der Waals surface area contributed by atoms with Crippen LogP contribution in [0.3, 0.4) is 0 Å².